The number of halogens is 1. The number of hydrogen-bond acceptors (Lipinski definition) is 3. The zero-order chi connectivity index (χ0) is 15.9. The second kappa shape index (κ2) is 7.70. The van der Waals surface area contributed by atoms with Crippen LogP contribution in [0.3, 0.4) is 0 Å². The highest BCUT2D eigenvalue weighted by molar-refractivity contribution is 7.13. The van der Waals surface area contributed by atoms with Crippen LogP contribution in [0.25, 0.3) is 0 Å². The Kier molecular flexibility index (Phi) is 5.66. The summed E-state index contributed by atoms with van der Waals surface area (Å²) in [5.41, 5.74) is 0.944. The first-order valence-corrected chi connectivity index (χ1v) is 7.72. The fourth-order valence-electron chi connectivity index (χ4n) is 1.86. The maximum atomic E-state index is 12.7. The third kappa shape index (κ3) is 4.96. The van der Waals surface area contributed by atoms with E-state index in [1.165, 1.54) is 23.5 Å². The molecule has 0 aliphatic rings. The molecule has 2 aromatic rings. The van der Waals surface area contributed by atoms with E-state index in [1.807, 2.05) is 13.0 Å². The zero-order valence-electron chi connectivity index (χ0n) is 12.2. The van der Waals surface area contributed by atoms with Crippen LogP contribution >= 0.6 is 11.3 Å². The van der Waals surface area contributed by atoms with Crippen LogP contribution in [-0.2, 0) is 11.2 Å². The van der Waals surface area contributed by atoms with Crippen molar-refractivity contribution in [2.45, 2.75) is 13.3 Å². The molecule has 0 saturated heterocycles. The SMILES string of the molecule is Cc1ccc(C(=O)NCC(=O)NCCc2ccc(F)cc2)s1. The summed E-state index contributed by atoms with van der Waals surface area (Å²) in [4.78, 5) is 25.1. The van der Waals surface area contributed by atoms with Gasteiger partial charge >= 0.3 is 0 Å². The maximum absolute atomic E-state index is 12.7. The van der Waals surface area contributed by atoms with Crippen LogP contribution < -0.4 is 10.6 Å². The average Bonchev–Trinajstić information content (AvgIpc) is 2.93. The maximum Gasteiger partial charge on any atom is 0.261 e. The minimum Gasteiger partial charge on any atom is -0.354 e. The molecule has 116 valence electrons. The minimum absolute atomic E-state index is 0.0564. The zero-order valence-corrected chi connectivity index (χ0v) is 13.0. The van der Waals surface area contributed by atoms with Gasteiger partial charge in [-0.3, -0.25) is 9.59 Å². The number of carbonyl (C=O) groups is 2. The second-order valence-corrected chi connectivity index (χ2v) is 6.11. The van der Waals surface area contributed by atoms with E-state index in [0.717, 1.165) is 10.4 Å². The van der Waals surface area contributed by atoms with Gasteiger partial charge in [-0.25, -0.2) is 4.39 Å². The molecule has 2 rings (SSSR count). The van der Waals surface area contributed by atoms with Gasteiger partial charge < -0.3 is 10.6 Å². The summed E-state index contributed by atoms with van der Waals surface area (Å²) >= 11 is 1.39. The number of amides is 2. The third-order valence-corrected chi connectivity index (χ3v) is 4.02. The molecular formula is C16H17FN2O2S. The summed E-state index contributed by atoms with van der Waals surface area (Å²) in [6, 6.07) is 9.75. The quantitative estimate of drug-likeness (QED) is 0.858. The molecular weight excluding hydrogens is 303 g/mol. The molecule has 0 atom stereocenters. The van der Waals surface area contributed by atoms with Crippen LogP contribution in [0.4, 0.5) is 4.39 Å². The first kappa shape index (κ1) is 16.2. The second-order valence-electron chi connectivity index (χ2n) is 4.82. The van der Waals surface area contributed by atoms with E-state index in [9.17, 15) is 14.0 Å². The molecule has 0 aliphatic carbocycles. The molecule has 1 aromatic carbocycles. The van der Waals surface area contributed by atoms with E-state index in [-0.39, 0.29) is 24.2 Å². The van der Waals surface area contributed by atoms with Crippen molar-refractivity contribution >= 4 is 23.2 Å². The number of hydrogen-bond donors (Lipinski definition) is 2. The fraction of sp³-hybridized carbons (Fsp3) is 0.250. The lowest BCUT2D eigenvalue weighted by Gasteiger charge is -2.06. The summed E-state index contributed by atoms with van der Waals surface area (Å²) < 4.78 is 12.7. The lowest BCUT2D eigenvalue weighted by atomic mass is 10.1. The number of carbonyl (C=O) groups excluding carboxylic acids is 2. The Bertz CT molecular complexity index is 652. The van der Waals surface area contributed by atoms with Crippen LogP contribution in [-0.4, -0.2) is 24.9 Å². The number of aryl methyl sites for hydroxylation is 1. The molecule has 0 spiro atoms. The minimum atomic E-state index is -0.278. The molecule has 6 heteroatoms. The Labute approximate surface area is 132 Å². The predicted octanol–water partition coefficient (Wildman–Crippen LogP) is 2.28. The standard InChI is InChI=1S/C16H17FN2O2S/c1-11-2-7-14(22-11)16(21)19-10-15(20)18-9-8-12-3-5-13(17)6-4-12/h2-7H,8-10H2,1H3,(H,18,20)(H,19,21). The van der Waals surface area contributed by atoms with Gasteiger partial charge in [-0.1, -0.05) is 12.1 Å². The predicted molar refractivity (Wildman–Crippen MR) is 84.5 cm³/mol. The van der Waals surface area contributed by atoms with E-state index >= 15 is 0 Å². The molecule has 0 bridgehead atoms. The Morgan fingerprint density at radius 3 is 2.45 bits per heavy atom. The third-order valence-electron chi connectivity index (χ3n) is 3.02. The Morgan fingerprint density at radius 2 is 1.82 bits per heavy atom. The van der Waals surface area contributed by atoms with Gasteiger partial charge in [-0.2, -0.15) is 0 Å². The molecule has 4 nitrogen and oxygen atoms in total. The monoisotopic (exact) mass is 320 g/mol. The van der Waals surface area contributed by atoms with Crippen molar-refractivity contribution < 1.29 is 14.0 Å². The van der Waals surface area contributed by atoms with Gasteiger partial charge in [0, 0.05) is 11.4 Å². The highest BCUT2D eigenvalue weighted by Crippen LogP contribution is 2.14. The highest BCUT2D eigenvalue weighted by Gasteiger charge is 2.09. The fourth-order valence-corrected chi connectivity index (χ4v) is 2.65. The van der Waals surface area contributed by atoms with Crippen molar-refractivity contribution in [1.29, 1.82) is 0 Å². The molecule has 2 N–H and O–H groups in total. The molecule has 0 unspecified atom stereocenters. The number of thiophene rings is 1. The topological polar surface area (TPSA) is 58.2 Å². The van der Waals surface area contributed by atoms with Crippen molar-refractivity contribution in [3.05, 3.63) is 57.5 Å². The van der Waals surface area contributed by atoms with Gasteiger partial charge in [-0.05, 0) is 43.2 Å². The normalized spacial score (nSPS) is 10.3. The smallest absolute Gasteiger partial charge is 0.261 e. The van der Waals surface area contributed by atoms with Crippen molar-refractivity contribution in [2.24, 2.45) is 0 Å². The molecule has 0 aliphatic heterocycles. The van der Waals surface area contributed by atoms with Crippen molar-refractivity contribution in [3.63, 3.8) is 0 Å². The van der Waals surface area contributed by atoms with E-state index in [0.29, 0.717) is 17.8 Å². The Balaban J connectivity index is 1.67. The lowest BCUT2D eigenvalue weighted by molar-refractivity contribution is -0.120. The largest absolute Gasteiger partial charge is 0.354 e. The summed E-state index contributed by atoms with van der Waals surface area (Å²) in [7, 11) is 0. The summed E-state index contributed by atoms with van der Waals surface area (Å²) in [5.74, 6) is -0.769. The highest BCUT2D eigenvalue weighted by atomic mass is 32.1. The Morgan fingerprint density at radius 1 is 1.09 bits per heavy atom. The van der Waals surface area contributed by atoms with Crippen LogP contribution in [0.5, 0.6) is 0 Å². The number of nitrogens with one attached hydrogen (secondary N) is 2. The molecule has 0 radical (unpaired) electrons. The van der Waals surface area contributed by atoms with E-state index in [4.69, 9.17) is 0 Å². The number of benzene rings is 1. The molecule has 1 heterocycles. The van der Waals surface area contributed by atoms with E-state index in [1.54, 1.807) is 18.2 Å². The number of rotatable bonds is 6. The van der Waals surface area contributed by atoms with Crippen LogP contribution in [0, 0.1) is 12.7 Å². The van der Waals surface area contributed by atoms with Gasteiger partial charge in [-0.15, -0.1) is 11.3 Å². The van der Waals surface area contributed by atoms with E-state index in [2.05, 4.69) is 10.6 Å². The van der Waals surface area contributed by atoms with Crippen molar-refractivity contribution in [2.75, 3.05) is 13.1 Å². The van der Waals surface area contributed by atoms with Crippen molar-refractivity contribution in [3.8, 4) is 0 Å². The van der Waals surface area contributed by atoms with Crippen LogP contribution in [0.15, 0.2) is 36.4 Å². The molecule has 0 fully saturated rings. The first-order valence-electron chi connectivity index (χ1n) is 6.90. The molecule has 0 saturated carbocycles. The van der Waals surface area contributed by atoms with Gasteiger partial charge in [0.2, 0.25) is 5.91 Å². The molecule has 22 heavy (non-hydrogen) atoms. The lowest BCUT2D eigenvalue weighted by Crippen LogP contribution is -2.37. The summed E-state index contributed by atoms with van der Waals surface area (Å²) in [6.45, 7) is 2.31. The van der Waals surface area contributed by atoms with Crippen molar-refractivity contribution in [1.82, 2.24) is 10.6 Å². The van der Waals surface area contributed by atoms with Gasteiger partial charge in [0.15, 0.2) is 0 Å². The van der Waals surface area contributed by atoms with Crippen LogP contribution in [0.2, 0.25) is 0 Å². The molecule has 2 amide bonds. The Hall–Kier alpha value is -2.21. The van der Waals surface area contributed by atoms with Crippen LogP contribution in [0.1, 0.15) is 20.1 Å². The summed E-state index contributed by atoms with van der Waals surface area (Å²) in [5, 5.41) is 5.29. The van der Waals surface area contributed by atoms with Gasteiger partial charge in [0.25, 0.3) is 5.91 Å². The summed E-state index contributed by atoms with van der Waals surface area (Å²) in [6.07, 6.45) is 0.615. The molecule has 1 aromatic heterocycles. The first-order chi connectivity index (χ1) is 10.5. The van der Waals surface area contributed by atoms with E-state index < -0.39 is 0 Å². The van der Waals surface area contributed by atoms with Gasteiger partial charge in [0.05, 0.1) is 11.4 Å². The average molecular weight is 320 g/mol. The van der Waals surface area contributed by atoms with Gasteiger partial charge in [0.1, 0.15) is 5.82 Å².